The molecule has 1 unspecified atom stereocenters. The molecule has 3 nitrogen and oxygen atoms in total. The van der Waals surface area contributed by atoms with Crippen LogP contribution in [0.25, 0.3) is 0 Å². The molecule has 1 aliphatic heterocycles. The van der Waals surface area contributed by atoms with Crippen LogP contribution in [0, 0.1) is 5.41 Å². The van der Waals surface area contributed by atoms with Gasteiger partial charge in [0.05, 0.1) is 0 Å². The highest BCUT2D eigenvalue weighted by molar-refractivity contribution is 4.74. The predicted molar refractivity (Wildman–Crippen MR) is 78.0 cm³/mol. The maximum atomic E-state index is 5.15. The molecule has 1 atom stereocenters. The Kier molecular flexibility index (Phi) is 7.87. The molecule has 1 rings (SSSR count). The van der Waals surface area contributed by atoms with Crippen molar-refractivity contribution >= 4 is 0 Å². The van der Waals surface area contributed by atoms with Gasteiger partial charge in [0, 0.05) is 26.3 Å². The minimum atomic E-state index is 0.346. The molecular weight excluding hydrogens is 224 g/mol. The summed E-state index contributed by atoms with van der Waals surface area (Å²) in [7, 11) is 1.78. The number of hydrogen-bond donors (Lipinski definition) is 2. The lowest BCUT2D eigenvalue weighted by molar-refractivity contribution is 0.151. The zero-order chi connectivity index (χ0) is 13.3. The van der Waals surface area contributed by atoms with E-state index in [0.29, 0.717) is 5.41 Å². The summed E-state index contributed by atoms with van der Waals surface area (Å²) in [4.78, 5) is 0. The molecule has 0 aromatic rings. The van der Waals surface area contributed by atoms with Crippen LogP contribution in [0.3, 0.4) is 0 Å². The summed E-state index contributed by atoms with van der Waals surface area (Å²) in [6.45, 7) is 8.94. The Labute approximate surface area is 113 Å². The molecule has 2 N–H and O–H groups in total. The molecule has 1 fully saturated rings. The Hall–Kier alpha value is -0.120. The molecule has 0 bridgehead atoms. The topological polar surface area (TPSA) is 33.3 Å². The van der Waals surface area contributed by atoms with Crippen LogP contribution in [0.1, 0.15) is 52.4 Å². The van der Waals surface area contributed by atoms with Gasteiger partial charge in [-0.15, -0.1) is 0 Å². The lowest BCUT2D eigenvalue weighted by Crippen LogP contribution is -2.35. The lowest BCUT2D eigenvalue weighted by atomic mass is 9.89. The van der Waals surface area contributed by atoms with Crippen molar-refractivity contribution in [1.29, 1.82) is 0 Å². The third-order valence-electron chi connectivity index (χ3n) is 3.91. The van der Waals surface area contributed by atoms with Crippen molar-refractivity contribution in [3.63, 3.8) is 0 Å². The smallest absolute Gasteiger partial charge is 0.0467 e. The quantitative estimate of drug-likeness (QED) is 0.622. The summed E-state index contributed by atoms with van der Waals surface area (Å²) in [5, 5.41) is 7.20. The van der Waals surface area contributed by atoms with Crippen LogP contribution in [-0.4, -0.2) is 39.4 Å². The number of rotatable bonds is 9. The highest BCUT2D eigenvalue weighted by Gasteiger charge is 2.17. The van der Waals surface area contributed by atoms with Gasteiger partial charge in [0.1, 0.15) is 0 Å². The minimum Gasteiger partial charge on any atom is -0.385 e. The van der Waals surface area contributed by atoms with Crippen LogP contribution < -0.4 is 10.6 Å². The fraction of sp³-hybridized carbons (Fsp3) is 1.00. The first-order valence-electron chi connectivity index (χ1n) is 7.57. The van der Waals surface area contributed by atoms with Crippen molar-refractivity contribution in [2.24, 2.45) is 5.41 Å². The van der Waals surface area contributed by atoms with E-state index in [0.717, 1.165) is 32.2 Å². The van der Waals surface area contributed by atoms with E-state index >= 15 is 0 Å². The van der Waals surface area contributed by atoms with Crippen LogP contribution in [-0.2, 0) is 4.74 Å². The van der Waals surface area contributed by atoms with Gasteiger partial charge in [0.15, 0.2) is 0 Å². The summed E-state index contributed by atoms with van der Waals surface area (Å²) in [6.07, 6.45) is 7.89. The molecule has 108 valence electrons. The molecule has 0 amide bonds. The third kappa shape index (κ3) is 7.34. The van der Waals surface area contributed by atoms with Crippen molar-refractivity contribution in [2.45, 2.75) is 58.4 Å². The van der Waals surface area contributed by atoms with Crippen LogP contribution in [0.2, 0.25) is 0 Å². The summed E-state index contributed by atoms with van der Waals surface area (Å²) >= 11 is 0. The number of ether oxygens (including phenoxy) is 1. The molecule has 3 heteroatoms. The van der Waals surface area contributed by atoms with E-state index in [1.807, 2.05) is 0 Å². The average molecular weight is 256 g/mol. The SMILES string of the molecule is COCCC(C)(C)CNCCCC1CCCCN1. The van der Waals surface area contributed by atoms with Gasteiger partial charge in [-0.2, -0.15) is 0 Å². The first kappa shape index (κ1) is 15.9. The number of methoxy groups -OCH3 is 1. The van der Waals surface area contributed by atoms with Gasteiger partial charge in [0.25, 0.3) is 0 Å². The molecule has 0 radical (unpaired) electrons. The average Bonchev–Trinajstić information content (AvgIpc) is 2.37. The maximum Gasteiger partial charge on any atom is 0.0467 e. The Morgan fingerprint density at radius 1 is 1.33 bits per heavy atom. The number of piperidine rings is 1. The number of nitrogens with one attached hydrogen (secondary N) is 2. The second-order valence-corrected chi connectivity index (χ2v) is 6.37. The van der Waals surface area contributed by atoms with Gasteiger partial charge in [-0.05, 0) is 50.6 Å². The molecule has 18 heavy (non-hydrogen) atoms. The summed E-state index contributed by atoms with van der Waals surface area (Å²) in [6, 6.07) is 0.780. The van der Waals surface area contributed by atoms with Gasteiger partial charge in [-0.3, -0.25) is 0 Å². The molecule has 1 saturated heterocycles. The molecule has 0 aliphatic carbocycles. The zero-order valence-electron chi connectivity index (χ0n) is 12.6. The van der Waals surface area contributed by atoms with E-state index in [1.54, 1.807) is 7.11 Å². The monoisotopic (exact) mass is 256 g/mol. The lowest BCUT2D eigenvalue weighted by Gasteiger charge is -2.26. The minimum absolute atomic E-state index is 0.346. The molecule has 1 aliphatic rings. The Bertz CT molecular complexity index is 201. The van der Waals surface area contributed by atoms with Crippen molar-refractivity contribution in [3.8, 4) is 0 Å². The molecule has 0 aromatic carbocycles. The van der Waals surface area contributed by atoms with Crippen molar-refractivity contribution in [1.82, 2.24) is 10.6 Å². The summed E-state index contributed by atoms with van der Waals surface area (Å²) in [5.74, 6) is 0. The second-order valence-electron chi connectivity index (χ2n) is 6.37. The highest BCUT2D eigenvalue weighted by Crippen LogP contribution is 2.18. The molecule has 0 aromatic heterocycles. The zero-order valence-corrected chi connectivity index (χ0v) is 12.6. The van der Waals surface area contributed by atoms with E-state index in [-0.39, 0.29) is 0 Å². The Morgan fingerprint density at radius 3 is 2.83 bits per heavy atom. The van der Waals surface area contributed by atoms with Crippen molar-refractivity contribution in [2.75, 3.05) is 33.4 Å². The van der Waals surface area contributed by atoms with E-state index < -0.39 is 0 Å². The van der Waals surface area contributed by atoms with E-state index in [2.05, 4.69) is 24.5 Å². The fourth-order valence-electron chi connectivity index (χ4n) is 2.54. The first-order chi connectivity index (χ1) is 8.64. The van der Waals surface area contributed by atoms with E-state index in [9.17, 15) is 0 Å². The third-order valence-corrected chi connectivity index (χ3v) is 3.91. The molecule has 1 heterocycles. The standard InChI is InChI=1S/C15H32N2O/c1-15(2,9-12-18-3)13-16-10-6-8-14-7-4-5-11-17-14/h14,16-17H,4-13H2,1-3H3. The van der Waals surface area contributed by atoms with Gasteiger partial charge < -0.3 is 15.4 Å². The largest absolute Gasteiger partial charge is 0.385 e. The first-order valence-corrected chi connectivity index (χ1v) is 7.57. The number of hydrogen-bond acceptors (Lipinski definition) is 3. The molecular formula is C15H32N2O. The fourth-order valence-corrected chi connectivity index (χ4v) is 2.54. The van der Waals surface area contributed by atoms with Crippen molar-refractivity contribution in [3.05, 3.63) is 0 Å². The van der Waals surface area contributed by atoms with Crippen LogP contribution >= 0.6 is 0 Å². The van der Waals surface area contributed by atoms with Crippen LogP contribution in [0.4, 0.5) is 0 Å². The van der Waals surface area contributed by atoms with Gasteiger partial charge in [0.2, 0.25) is 0 Å². The van der Waals surface area contributed by atoms with Crippen LogP contribution in [0.5, 0.6) is 0 Å². The summed E-state index contributed by atoms with van der Waals surface area (Å²) in [5.41, 5.74) is 0.346. The van der Waals surface area contributed by atoms with E-state index in [1.165, 1.54) is 38.6 Å². The van der Waals surface area contributed by atoms with E-state index in [4.69, 9.17) is 4.74 Å². The molecule has 0 saturated carbocycles. The molecule has 0 spiro atoms. The normalized spacial score (nSPS) is 21.2. The second kappa shape index (κ2) is 8.89. The van der Waals surface area contributed by atoms with Crippen molar-refractivity contribution < 1.29 is 4.74 Å². The van der Waals surface area contributed by atoms with Gasteiger partial charge in [-0.25, -0.2) is 0 Å². The summed E-state index contributed by atoms with van der Waals surface area (Å²) < 4.78 is 5.15. The predicted octanol–water partition coefficient (Wildman–Crippen LogP) is 2.56. The van der Waals surface area contributed by atoms with Gasteiger partial charge >= 0.3 is 0 Å². The Balaban J connectivity index is 1.96. The van der Waals surface area contributed by atoms with Gasteiger partial charge in [-0.1, -0.05) is 20.3 Å². The Morgan fingerprint density at radius 2 is 2.17 bits per heavy atom. The maximum absolute atomic E-state index is 5.15. The van der Waals surface area contributed by atoms with Crippen LogP contribution in [0.15, 0.2) is 0 Å². The highest BCUT2D eigenvalue weighted by atomic mass is 16.5.